The van der Waals surface area contributed by atoms with Gasteiger partial charge in [-0.2, -0.15) is 0 Å². The molecule has 0 aliphatic carbocycles. The molecule has 1 aromatic heterocycles. The summed E-state index contributed by atoms with van der Waals surface area (Å²) in [6.07, 6.45) is 1.62. The minimum atomic E-state index is 0. The zero-order valence-corrected chi connectivity index (χ0v) is 10.9. The molecule has 0 amide bonds. The monoisotopic (exact) mass is 245 g/mol. The van der Waals surface area contributed by atoms with Gasteiger partial charge in [0.05, 0.1) is 0 Å². The fourth-order valence-corrected chi connectivity index (χ4v) is 2.24. The molecule has 3 nitrogen and oxygen atoms in total. The molecule has 18 heavy (non-hydrogen) atoms. The summed E-state index contributed by atoms with van der Waals surface area (Å²) in [4.78, 5) is 11.7. The van der Waals surface area contributed by atoms with Crippen molar-refractivity contribution < 1.29 is 10.6 Å². The number of ketones is 1. The van der Waals surface area contributed by atoms with E-state index in [4.69, 9.17) is 10.2 Å². The Morgan fingerprint density at radius 1 is 1.33 bits per heavy atom. The number of para-hydroxylation sites is 1. The Labute approximate surface area is 108 Å². The Balaban J connectivity index is 0.00000180. The van der Waals surface area contributed by atoms with Crippen LogP contribution in [0.4, 0.5) is 0 Å². The summed E-state index contributed by atoms with van der Waals surface area (Å²) in [7, 11) is 0. The molecule has 0 saturated carbocycles. The first-order chi connectivity index (χ1) is 8.52. The van der Waals surface area contributed by atoms with Crippen molar-refractivity contribution in [3.63, 3.8) is 0 Å². The second-order valence-corrected chi connectivity index (χ2v) is 4.68. The van der Waals surface area contributed by atoms with Gasteiger partial charge in [0.1, 0.15) is 11.8 Å². The van der Waals surface area contributed by atoms with E-state index in [0.717, 1.165) is 16.5 Å². The average Bonchev–Trinajstić information content (AvgIpc) is 2.71. The standard InChI is InChI=1S/C15H17NO2.H2/c1-9(2)14(10(3)17)15(16)12-8-18-13-7-5-4-6-11(12)13;/h4-9H,16H2,1-3H3;1H/b15-14-;. The molecule has 1 aromatic carbocycles. The number of furan rings is 1. The van der Waals surface area contributed by atoms with Crippen molar-refractivity contribution in [1.29, 1.82) is 0 Å². The summed E-state index contributed by atoms with van der Waals surface area (Å²) in [5.74, 6) is 0.101. The number of nitrogens with two attached hydrogens (primary N) is 1. The van der Waals surface area contributed by atoms with Crippen LogP contribution in [-0.2, 0) is 4.79 Å². The van der Waals surface area contributed by atoms with Gasteiger partial charge in [0.15, 0.2) is 5.78 Å². The lowest BCUT2D eigenvalue weighted by atomic mass is 9.94. The fraction of sp³-hybridized carbons (Fsp3) is 0.267. The van der Waals surface area contributed by atoms with Crippen LogP contribution >= 0.6 is 0 Å². The molecule has 0 radical (unpaired) electrons. The predicted octanol–water partition coefficient (Wildman–Crippen LogP) is 3.59. The maximum absolute atomic E-state index is 11.7. The molecule has 0 unspecified atom stereocenters. The molecule has 2 aromatic rings. The van der Waals surface area contributed by atoms with Crippen molar-refractivity contribution >= 4 is 22.4 Å². The molecule has 2 N–H and O–H groups in total. The number of rotatable bonds is 3. The molecule has 0 aliphatic heterocycles. The van der Waals surface area contributed by atoms with Gasteiger partial charge in [-0.15, -0.1) is 0 Å². The van der Waals surface area contributed by atoms with Crippen LogP contribution in [0.2, 0.25) is 0 Å². The second-order valence-electron chi connectivity index (χ2n) is 4.68. The molecule has 0 aliphatic rings. The predicted molar refractivity (Wildman–Crippen MR) is 75.0 cm³/mol. The molecule has 0 saturated heterocycles. The summed E-state index contributed by atoms with van der Waals surface area (Å²) < 4.78 is 5.45. The van der Waals surface area contributed by atoms with Gasteiger partial charge >= 0.3 is 0 Å². The number of fused-ring (bicyclic) bond motifs is 1. The summed E-state index contributed by atoms with van der Waals surface area (Å²) in [5, 5.41) is 0.939. The Morgan fingerprint density at radius 3 is 2.61 bits per heavy atom. The molecular formula is C15H19NO2. The average molecular weight is 245 g/mol. The van der Waals surface area contributed by atoms with Crippen LogP contribution in [-0.4, -0.2) is 5.78 Å². The molecule has 0 atom stereocenters. The van der Waals surface area contributed by atoms with E-state index in [1.807, 2.05) is 38.1 Å². The van der Waals surface area contributed by atoms with Crippen LogP contribution < -0.4 is 5.73 Å². The van der Waals surface area contributed by atoms with E-state index >= 15 is 0 Å². The van der Waals surface area contributed by atoms with Crippen molar-refractivity contribution in [2.75, 3.05) is 0 Å². The highest BCUT2D eigenvalue weighted by molar-refractivity contribution is 6.04. The van der Waals surface area contributed by atoms with E-state index in [-0.39, 0.29) is 13.1 Å². The number of benzene rings is 1. The van der Waals surface area contributed by atoms with Crippen molar-refractivity contribution in [3.8, 4) is 0 Å². The third-order valence-corrected chi connectivity index (χ3v) is 3.02. The summed E-state index contributed by atoms with van der Waals surface area (Å²) in [5.41, 5.74) is 8.90. The van der Waals surface area contributed by atoms with Gasteiger partial charge in [0.2, 0.25) is 0 Å². The highest BCUT2D eigenvalue weighted by Crippen LogP contribution is 2.28. The summed E-state index contributed by atoms with van der Waals surface area (Å²) in [6.45, 7) is 5.47. The van der Waals surface area contributed by atoms with E-state index < -0.39 is 0 Å². The normalized spacial score (nSPS) is 12.9. The maximum atomic E-state index is 11.7. The lowest BCUT2D eigenvalue weighted by Crippen LogP contribution is -2.12. The van der Waals surface area contributed by atoms with E-state index in [9.17, 15) is 4.79 Å². The van der Waals surface area contributed by atoms with E-state index in [0.29, 0.717) is 11.3 Å². The first-order valence-electron chi connectivity index (χ1n) is 5.99. The van der Waals surface area contributed by atoms with E-state index in [2.05, 4.69) is 0 Å². The first-order valence-corrected chi connectivity index (χ1v) is 5.99. The van der Waals surface area contributed by atoms with Crippen molar-refractivity contribution in [2.24, 2.45) is 11.7 Å². The second kappa shape index (κ2) is 4.69. The van der Waals surface area contributed by atoms with Crippen LogP contribution in [0.15, 0.2) is 40.5 Å². The first kappa shape index (κ1) is 12.4. The Bertz CT molecular complexity index is 626. The quantitative estimate of drug-likeness (QED) is 0.841. The van der Waals surface area contributed by atoms with Gasteiger partial charge in [-0.25, -0.2) is 0 Å². The fourth-order valence-electron chi connectivity index (χ4n) is 2.24. The molecule has 0 spiro atoms. The van der Waals surface area contributed by atoms with Crippen LogP contribution in [0.1, 0.15) is 27.8 Å². The lowest BCUT2D eigenvalue weighted by Gasteiger charge is -2.11. The van der Waals surface area contributed by atoms with Crippen LogP contribution in [0.25, 0.3) is 16.7 Å². The van der Waals surface area contributed by atoms with Gasteiger partial charge in [0.25, 0.3) is 0 Å². The van der Waals surface area contributed by atoms with Gasteiger partial charge in [0, 0.05) is 23.6 Å². The van der Waals surface area contributed by atoms with Crippen LogP contribution in [0.3, 0.4) is 0 Å². The highest BCUT2D eigenvalue weighted by atomic mass is 16.3. The number of carbonyl (C=O) groups excluding carboxylic acids is 1. The van der Waals surface area contributed by atoms with Gasteiger partial charge in [-0.3, -0.25) is 4.79 Å². The van der Waals surface area contributed by atoms with Gasteiger partial charge in [-0.1, -0.05) is 32.0 Å². The number of hydrogen-bond donors (Lipinski definition) is 1. The van der Waals surface area contributed by atoms with Gasteiger partial charge < -0.3 is 10.2 Å². The molecule has 96 valence electrons. The number of Topliss-reactive ketones (excluding diaryl/α,β-unsaturated/α-hetero) is 1. The summed E-state index contributed by atoms with van der Waals surface area (Å²) >= 11 is 0. The highest BCUT2D eigenvalue weighted by Gasteiger charge is 2.17. The smallest absolute Gasteiger partial charge is 0.158 e. The largest absolute Gasteiger partial charge is 0.464 e. The molecule has 0 bridgehead atoms. The minimum absolute atomic E-state index is 0. The molecule has 0 fully saturated rings. The zero-order chi connectivity index (χ0) is 13.3. The minimum Gasteiger partial charge on any atom is -0.464 e. The SMILES string of the molecule is CC(=O)/C(=C(\N)c1coc2ccccc12)C(C)C.[HH]. The van der Waals surface area contributed by atoms with Crippen LogP contribution in [0.5, 0.6) is 0 Å². The zero-order valence-electron chi connectivity index (χ0n) is 10.9. The van der Waals surface area contributed by atoms with Crippen molar-refractivity contribution in [2.45, 2.75) is 20.8 Å². The Hall–Kier alpha value is -2.03. The number of allylic oxidation sites excluding steroid dienone is 1. The third-order valence-electron chi connectivity index (χ3n) is 3.02. The van der Waals surface area contributed by atoms with Crippen LogP contribution in [0, 0.1) is 5.92 Å². The topological polar surface area (TPSA) is 56.2 Å². The Morgan fingerprint density at radius 2 is 2.00 bits per heavy atom. The third kappa shape index (κ3) is 2.04. The molecule has 3 heteroatoms. The van der Waals surface area contributed by atoms with Crippen molar-refractivity contribution in [3.05, 3.63) is 41.7 Å². The van der Waals surface area contributed by atoms with E-state index in [1.54, 1.807) is 13.2 Å². The summed E-state index contributed by atoms with van der Waals surface area (Å²) in [6, 6.07) is 7.66. The number of hydrogen-bond acceptors (Lipinski definition) is 3. The molecular weight excluding hydrogens is 226 g/mol. The molecule has 1 heterocycles. The number of carbonyl (C=O) groups is 1. The maximum Gasteiger partial charge on any atom is 0.158 e. The van der Waals surface area contributed by atoms with Crippen molar-refractivity contribution in [1.82, 2.24) is 0 Å². The lowest BCUT2D eigenvalue weighted by molar-refractivity contribution is -0.113. The van der Waals surface area contributed by atoms with Gasteiger partial charge in [-0.05, 0) is 18.9 Å². The Kier molecular flexibility index (Phi) is 3.24. The van der Waals surface area contributed by atoms with E-state index in [1.165, 1.54) is 0 Å². The molecule has 2 rings (SSSR count).